The second-order valence-electron chi connectivity index (χ2n) is 7.27. The van der Waals surface area contributed by atoms with E-state index in [1.807, 2.05) is 0 Å². The number of likely N-dealkylation sites (tertiary alicyclic amines) is 2. The zero-order chi connectivity index (χ0) is 23.7. The van der Waals surface area contributed by atoms with Crippen LogP contribution in [0.2, 0.25) is 0 Å². The summed E-state index contributed by atoms with van der Waals surface area (Å²) >= 11 is 0. The molecule has 2 rings (SSSR count). The van der Waals surface area contributed by atoms with Crippen LogP contribution in [0.15, 0.2) is 24.3 Å². The van der Waals surface area contributed by atoms with E-state index in [2.05, 4.69) is 16.1 Å². The molecule has 2 aliphatic rings. The van der Waals surface area contributed by atoms with E-state index in [0.717, 1.165) is 5.57 Å². The van der Waals surface area contributed by atoms with Crippen LogP contribution in [0.1, 0.15) is 25.7 Å². The van der Waals surface area contributed by atoms with E-state index in [1.165, 1.54) is 9.80 Å². The van der Waals surface area contributed by atoms with E-state index in [9.17, 15) is 33.6 Å². The Morgan fingerprint density at radius 1 is 0.719 bits per heavy atom. The number of esters is 2. The molecule has 0 aromatic heterocycles. The predicted molar refractivity (Wildman–Crippen MR) is 107 cm³/mol. The monoisotopic (exact) mass is 448 g/mol. The minimum absolute atomic E-state index is 0.00814. The second kappa shape index (κ2) is 11.7. The molecule has 0 spiro atoms. The summed E-state index contributed by atoms with van der Waals surface area (Å²) in [7, 11) is 0. The van der Waals surface area contributed by atoms with E-state index >= 15 is 0 Å². The highest BCUT2D eigenvalue weighted by atomic mass is 16.5. The number of piperidine rings is 2. The lowest BCUT2D eigenvalue weighted by atomic mass is 10.1. The lowest BCUT2D eigenvalue weighted by molar-refractivity contribution is -0.152. The number of carbonyl (C=O) groups is 7. The van der Waals surface area contributed by atoms with Crippen LogP contribution in [0.3, 0.4) is 0 Å². The third-order valence-corrected chi connectivity index (χ3v) is 4.89. The first-order valence-corrected chi connectivity index (χ1v) is 10.0. The van der Waals surface area contributed by atoms with Gasteiger partial charge in [-0.2, -0.15) is 0 Å². The van der Waals surface area contributed by atoms with Gasteiger partial charge in [0.25, 0.3) is 23.4 Å². The standard InChI is InChI=1S/C21H24N2O9/c1-14-4-8-22(9-5-14)20(29)16(25)12-31-18(27)2-3-19(28)32-13-17(26)21(30)23-10-6-15(24)7-11-23/h2-3H,1,4-13H2/b3-2+. The van der Waals surface area contributed by atoms with Gasteiger partial charge in [0.15, 0.2) is 13.2 Å². The minimum Gasteiger partial charge on any atom is -0.454 e. The van der Waals surface area contributed by atoms with Crippen LogP contribution in [0.25, 0.3) is 0 Å². The highest BCUT2D eigenvalue weighted by molar-refractivity contribution is 6.37. The van der Waals surface area contributed by atoms with Gasteiger partial charge in [-0.15, -0.1) is 0 Å². The molecule has 0 unspecified atom stereocenters. The molecule has 0 aromatic carbocycles. The van der Waals surface area contributed by atoms with Crippen LogP contribution in [0.4, 0.5) is 0 Å². The summed E-state index contributed by atoms with van der Waals surface area (Å²) in [6.45, 7) is 3.24. The highest BCUT2D eigenvalue weighted by Crippen LogP contribution is 2.14. The molecule has 0 bridgehead atoms. The molecule has 11 nitrogen and oxygen atoms in total. The fourth-order valence-corrected chi connectivity index (χ4v) is 2.97. The molecule has 11 heteroatoms. The first-order valence-electron chi connectivity index (χ1n) is 10.0. The zero-order valence-corrected chi connectivity index (χ0v) is 17.5. The van der Waals surface area contributed by atoms with Gasteiger partial charge in [-0.25, -0.2) is 9.59 Å². The first-order chi connectivity index (χ1) is 15.2. The van der Waals surface area contributed by atoms with E-state index < -0.39 is 48.5 Å². The normalized spacial score (nSPS) is 16.6. The molecule has 172 valence electrons. The van der Waals surface area contributed by atoms with Crippen LogP contribution in [0, 0.1) is 0 Å². The Labute approximate surface area is 184 Å². The molecule has 0 radical (unpaired) electrons. The number of ketones is 3. The van der Waals surface area contributed by atoms with Gasteiger partial charge in [0.05, 0.1) is 0 Å². The van der Waals surface area contributed by atoms with Gasteiger partial charge in [-0.3, -0.25) is 24.0 Å². The maximum Gasteiger partial charge on any atom is 0.331 e. The quantitative estimate of drug-likeness (QED) is 0.200. The molecule has 2 amide bonds. The number of Topliss-reactive ketones (excluding diaryl/α,β-unsaturated/α-hetero) is 3. The number of rotatable bonds is 8. The van der Waals surface area contributed by atoms with Crippen molar-refractivity contribution in [1.29, 1.82) is 0 Å². The minimum atomic E-state index is -1.08. The summed E-state index contributed by atoms with van der Waals surface area (Å²) in [5.41, 5.74) is 0.999. The maximum absolute atomic E-state index is 12.0. The molecule has 2 saturated heterocycles. The van der Waals surface area contributed by atoms with Crippen molar-refractivity contribution >= 4 is 41.1 Å². The summed E-state index contributed by atoms with van der Waals surface area (Å²) in [5.74, 6) is -5.60. The first kappa shape index (κ1) is 24.6. The van der Waals surface area contributed by atoms with Crippen molar-refractivity contribution in [2.75, 3.05) is 39.4 Å². The summed E-state index contributed by atoms with van der Waals surface area (Å²) in [6.07, 6.45) is 2.90. The largest absolute Gasteiger partial charge is 0.454 e. The van der Waals surface area contributed by atoms with Crippen molar-refractivity contribution in [2.24, 2.45) is 0 Å². The van der Waals surface area contributed by atoms with Crippen molar-refractivity contribution < 1.29 is 43.0 Å². The van der Waals surface area contributed by atoms with Gasteiger partial charge in [-0.05, 0) is 12.8 Å². The smallest absolute Gasteiger partial charge is 0.331 e. The summed E-state index contributed by atoms with van der Waals surface area (Å²) in [4.78, 5) is 84.5. The lowest BCUT2D eigenvalue weighted by Crippen LogP contribution is -2.43. The lowest BCUT2D eigenvalue weighted by Gasteiger charge is -2.27. The van der Waals surface area contributed by atoms with E-state index in [1.54, 1.807) is 0 Å². The third kappa shape index (κ3) is 7.56. The molecule has 2 heterocycles. The van der Waals surface area contributed by atoms with Gasteiger partial charge in [0.1, 0.15) is 5.78 Å². The Bertz CT molecular complexity index is 784. The van der Waals surface area contributed by atoms with Crippen molar-refractivity contribution in [3.63, 3.8) is 0 Å². The third-order valence-electron chi connectivity index (χ3n) is 4.89. The van der Waals surface area contributed by atoms with Crippen LogP contribution < -0.4 is 0 Å². The SMILES string of the molecule is C=C1CCN(C(=O)C(=O)COC(=O)/C=C/C(=O)OCC(=O)C(=O)N2CCC(=O)CC2)CC1. The average molecular weight is 448 g/mol. The van der Waals surface area contributed by atoms with Crippen LogP contribution >= 0.6 is 0 Å². The molecule has 0 N–H and O–H groups in total. The van der Waals surface area contributed by atoms with Crippen LogP contribution in [-0.4, -0.2) is 90.3 Å². The van der Waals surface area contributed by atoms with E-state index in [0.29, 0.717) is 38.1 Å². The topological polar surface area (TPSA) is 144 Å². The van der Waals surface area contributed by atoms with Gasteiger partial charge in [0.2, 0.25) is 0 Å². The maximum atomic E-state index is 12.0. The Hall–Kier alpha value is -3.63. The molecule has 32 heavy (non-hydrogen) atoms. The molecule has 0 atom stereocenters. The molecular weight excluding hydrogens is 424 g/mol. The Kier molecular flexibility index (Phi) is 8.99. The van der Waals surface area contributed by atoms with E-state index in [4.69, 9.17) is 0 Å². The Morgan fingerprint density at radius 2 is 1.09 bits per heavy atom. The summed E-state index contributed by atoms with van der Waals surface area (Å²) in [5, 5.41) is 0. The molecule has 2 aliphatic heterocycles. The molecule has 0 aliphatic carbocycles. The number of carbonyl (C=O) groups excluding carboxylic acids is 7. The van der Waals surface area contributed by atoms with Crippen LogP contribution in [0.5, 0.6) is 0 Å². The molecule has 0 saturated carbocycles. The van der Waals surface area contributed by atoms with Crippen molar-refractivity contribution in [3.8, 4) is 0 Å². The highest BCUT2D eigenvalue weighted by Gasteiger charge is 2.27. The van der Waals surface area contributed by atoms with Gasteiger partial charge >= 0.3 is 11.9 Å². The van der Waals surface area contributed by atoms with Crippen molar-refractivity contribution in [3.05, 3.63) is 24.3 Å². The molecule has 2 fully saturated rings. The summed E-state index contributed by atoms with van der Waals surface area (Å²) < 4.78 is 9.24. The van der Waals surface area contributed by atoms with E-state index in [-0.39, 0.29) is 31.7 Å². The summed E-state index contributed by atoms with van der Waals surface area (Å²) in [6, 6.07) is 0. The second-order valence-corrected chi connectivity index (χ2v) is 7.27. The number of nitrogens with zero attached hydrogens (tertiary/aromatic N) is 2. The predicted octanol–water partition coefficient (Wildman–Crippen LogP) is -0.863. The number of hydrogen-bond donors (Lipinski definition) is 0. The van der Waals surface area contributed by atoms with Gasteiger partial charge in [-0.1, -0.05) is 12.2 Å². The molecule has 0 aromatic rings. The van der Waals surface area contributed by atoms with Gasteiger partial charge in [0, 0.05) is 51.2 Å². The fraction of sp³-hybridized carbons (Fsp3) is 0.476. The van der Waals surface area contributed by atoms with Crippen LogP contribution in [-0.2, 0) is 43.0 Å². The van der Waals surface area contributed by atoms with Crippen molar-refractivity contribution in [2.45, 2.75) is 25.7 Å². The Balaban J connectivity index is 1.67. The van der Waals surface area contributed by atoms with Gasteiger partial charge < -0.3 is 19.3 Å². The zero-order valence-electron chi connectivity index (χ0n) is 17.5. The Morgan fingerprint density at radius 3 is 1.50 bits per heavy atom. The number of hydrogen-bond acceptors (Lipinski definition) is 9. The average Bonchev–Trinajstić information content (AvgIpc) is 2.79. The van der Waals surface area contributed by atoms with Crippen molar-refractivity contribution in [1.82, 2.24) is 9.80 Å². The fourth-order valence-electron chi connectivity index (χ4n) is 2.97. The number of ether oxygens (including phenoxy) is 2. The number of amides is 2. The molecular formula is C21H24N2O9.